The zero-order valence-corrected chi connectivity index (χ0v) is 15.4. The minimum atomic E-state index is -0.113. The first kappa shape index (κ1) is 18.8. The van der Waals surface area contributed by atoms with E-state index in [9.17, 15) is 4.39 Å². The lowest BCUT2D eigenvalue weighted by molar-refractivity contribution is 0.494. The Kier molecular flexibility index (Phi) is 5.89. The zero-order valence-electron chi connectivity index (χ0n) is 14.6. The monoisotopic (exact) mass is 348 g/mol. The molecule has 0 bridgehead atoms. The van der Waals surface area contributed by atoms with E-state index in [2.05, 4.69) is 54.4 Å². The molecule has 4 heteroatoms. The van der Waals surface area contributed by atoms with Crippen molar-refractivity contribution < 1.29 is 4.39 Å². The van der Waals surface area contributed by atoms with E-state index >= 15 is 0 Å². The minimum Gasteiger partial charge on any atom is -0.361 e. The molecule has 2 aromatic rings. The molecule has 1 N–H and O–H groups in total. The second-order valence-corrected chi connectivity index (χ2v) is 6.97. The van der Waals surface area contributed by atoms with E-state index in [1.54, 1.807) is 6.07 Å². The molecule has 130 valence electrons. The SMILES string of the molecule is CNCC[C@H](c1ccccc1)N1CC(C)(C)c2cccc(F)c21.Cl. The normalized spacial score (nSPS) is 16.4. The third-order valence-electron chi connectivity index (χ3n) is 4.80. The molecule has 1 aliphatic rings. The van der Waals surface area contributed by atoms with Crippen molar-refractivity contribution in [3.8, 4) is 0 Å². The number of nitrogens with zero attached hydrogens (tertiary/aromatic N) is 1. The largest absolute Gasteiger partial charge is 0.361 e. The Labute approximate surface area is 150 Å². The Morgan fingerprint density at radius 2 is 1.83 bits per heavy atom. The Morgan fingerprint density at radius 1 is 1.12 bits per heavy atom. The van der Waals surface area contributed by atoms with Crippen molar-refractivity contribution in [3.05, 3.63) is 65.5 Å². The van der Waals surface area contributed by atoms with Crippen LogP contribution in [0.25, 0.3) is 0 Å². The molecular formula is C20H26ClFN2. The smallest absolute Gasteiger partial charge is 0.146 e. The van der Waals surface area contributed by atoms with E-state index in [-0.39, 0.29) is 29.7 Å². The summed E-state index contributed by atoms with van der Waals surface area (Å²) in [7, 11) is 1.96. The molecule has 3 rings (SSSR count). The molecule has 1 atom stereocenters. The van der Waals surface area contributed by atoms with Gasteiger partial charge < -0.3 is 10.2 Å². The summed E-state index contributed by atoms with van der Waals surface area (Å²) < 4.78 is 14.6. The maximum Gasteiger partial charge on any atom is 0.146 e. The summed E-state index contributed by atoms with van der Waals surface area (Å²) in [6.45, 7) is 6.14. The molecule has 2 nitrogen and oxygen atoms in total. The van der Waals surface area contributed by atoms with Crippen molar-refractivity contribution in [2.45, 2.75) is 31.7 Å². The van der Waals surface area contributed by atoms with Crippen LogP contribution in [0.2, 0.25) is 0 Å². The van der Waals surface area contributed by atoms with Gasteiger partial charge in [0.15, 0.2) is 0 Å². The molecule has 0 spiro atoms. The average molecular weight is 349 g/mol. The molecule has 0 aromatic heterocycles. The van der Waals surface area contributed by atoms with Crippen molar-refractivity contribution in [2.75, 3.05) is 25.0 Å². The van der Waals surface area contributed by atoms with Crippen LogP contribution < -0.4 is 10.2 Å². The van der Waals surface area contributed by atoms with Gasteiger partial charge in [0.25, 0.3) is 0 Å². The fourth-order valence-electron chi connectivity index (χ4n) is 3.67. The van der Waals surface area contributed by atoms with Crippen molar-refractivity contribution >= 4 is 18.1 Å². The van der Waals surface area contributed by atoms with Gasteiger partial charge in [-0.1, -0.05) is 56.3 Å². The standard InChI is InChI=1S/C20H25FN2.ClH/c1-20(2)14-23(19-16(20)10-7-11-17(19)21)18(12-13-22-3)15-8-5-4-6-9-15;/h4-11,18,22H,12-14H2,1-3H3;1H/t18-;/m1./s1. The van der Waals surface area contributed by atoms with Crippen LogP contribution in [0.1, 0.15) is 37.4 Å². The summed E-state index contributed by atoms with van der Waals surface area (Å²) in [5, 5.41) is 3.23. The Morgan fingerprint density at radius 3 is 2.50 bits per heavy atom. The van der Waals surface area contributed by atoms with Gasteiger partial charge in [-0.2, -0.15) is 0 Å². The number of benzene rings is 2. The Balaban J connectivity index is 0.00000208. The highest BCUT2D eigenvalue weighted by molar-refractivity contribution is 5.85. The van der Waals surface area contributed by atoms with E-state index in [0.29, 0.717) is 0 Å². The van der Waals surface area contributed by atoms with Crippen LogP contribution in [0.15, 0.2) is 48.5 Å². The lowest BCUT2D eigenvalue weighted by Gasteiger charge is -2.32. The van der Waals surface area contributed by atoms with Crippen LogP contribution in [0, 0.1) is 5.82 Å². The first-order chi connectivity index (χ1) is 11.0. The molecule has 0 saturated carbocycles. The van der Waals surface area contributed by atoms with Gasteiger partial charge in [-0.05, 0) is 37.2 Å². The second-order valence-electron chi connectivity index (χ2n) is 6.97. The predicted octanol–water partition coefficient (Wildman–Crippen LogP) is 4.70. The second kappa shape index (κ2) is 7.54. The minimum absolute atomic E-state index is 0. The lowest BCUT2D eigenvalue weighted by atomic mass is 9.87. The molecule has 1 aliphatic heterocycles. The van der Waals surface area contributed by atoms with Crippen LogP contribution in [0.3, 0.4) is 0 Å². The van der Waals surface area contributed by atoms with Crippen LogP contribution in [-0.2, 0) is 5.41 Å². The van der Waals surface area contributed by atoms with Gasteiger partial charge >= 0.3 is 0 Å². The van der Waals surface area contributed by atoms with Gasteiger partial charge in [-0.25, -0.2) is 4.39 Å². The van der Waals surface area contributed by atoms with Crippen LogP contribution in [0.5, 0.6) is 0 Å². The summed E-state index contributed by atoms with van der Waals surface area (Å²) in [6, 6.07) is 16.1. The van der Waals surface area contributed by atoms with Gasteiger partial charge in [0.2, 0.25) is 0 Å². The molecule has 1 heterocycles. The highest BCUT2D eigenvalue weighted by atomic mass is 35.5. The number of halogens is 2. The van der Waals surface area contributed by atoms with Gasteiger partial charge in [-0.3, -0.25) is 0 Å². The maximum absolute atomic E-state index is 14.6. The summed E-state index contributed by atoms with van der Waals surface area (Å²) in [5.74, 6) is -0.113. The molecule has 0 unspecified atom stereocenters. The first-order valence-electron chi connectivity index (χ1n) is 8.30. The summed E-state index contributed by atoms with van der Waals surface area (Å²) in [6.07, 6.45) is 0.949. The molecule has 0 fully saturated rings. The fourth-order valence-corrected chi connectivity index (χ4v) is 3.67. The van der Waals surface area contributed by atoms with Crippen molar-refractivity contribution in [3.63, 3.8) is 0 Å². The van der Waals surface area contributed by atoms with Crippen molar-refractivity contribution in [1.29, 1.82) is 0 Å². The summed E-state index contributed by atoms with van der Waals surface area (Å²) in [4.78, 5) is 2.26. The molecule has 0 saturated heterocycles. The Bertz CT molecular complexity index is 673. The van der Waals surface area contributed by atoms with Gasteiger partial charge in [0, 0.05) is 12.0 Å². The summed E-state index contributed by atoms with van der Waals surface area (Å²) >= 11 is 0. The van der Waals surface area contributed by atoms with Gasteiger partial charge in [-0.15, -0.1) is 12.4 Å². The van der Waals surface area contributed by atoms with E-state index in [1.807, 2.05) is 19.2 Å². The molecule has 24 heavy (non-hydrogen) atoms. The quantitative estimate of drug-likeness (QED) is 0.842. The number of nitrogens with one attached hydrogen (secondary N) is 1. The molecule has 0 radical (unpaired) electrons. The zero-order chi connectivity index (χ0) is 16.4. The van der Waals surface area contributed by atoms with E-state index in [1.165, 1.54) is 5.56 Å². The van der Waals surface area contributed by atoms with Crippen molar-refractivity contribution in [1.82, 2.24) is 5.32 Å². The number of fused-ring (bicyclic) bond motifs is 1. The molecule has 0 aliphatic carbocycles. The van der Waals surface area contributed by atoms with E-state index < -0.39 is 0 Å². The molecular weight excluding hydrogens is 323 g/mol. The van der Waals surface area contributed by atoms with Gasteiger partial charge in [0.05, 0.1) is 11.7 Å². The first-order valence-corrected chi connectivity index (χ1v) is 8.30. The fraction of sp³-hybridized carbons (Fsp3) is 0.400. The number of hydrogen-bond donors (Lipinski definition) is 1. The average Bonchev–Trinajstić information content (AvgIpc) is 2.82. The number of hydrogen-bond acceptors (Lipinski definition) is 2. The van der Waals surface area contributed by atoms with E-state index in [4.69, 9.17) is 0 Å². The maximum atomic E-state index is 14.6. The van der Waals surface area contributed by atoms with Crippen LogP contribution in [0.4, 0.5) is 10.1 Å². The van der Waals surface area contributed by atoms with Crippen LogP contribution >= 0.6 is 12.4 Å². The predicted molar refractivity (Wildman–Crippen MR) is 102 cm³/mol. The Hall–Kier alpha value is -1.58. The summed E-state index contributed by atoms with van der Waals surface area (Å²) in [5.41, 5.74) is 3.10. The molecule has 0 amide bonds. The number of anilines is 1. The number of para-hydroxylation sites is 1. The topological polar surface area (TPSA) is 15.3 Å². The number of rotatable bonds is 5. The van der Waals surface area contributed by atoms with Crippen molar-refractivity contribution in [2.24, 2.45) is 0 Å². The molecule has 2 aromatic carbocycles. The lowest BCUT2D eigenvalue weighted by Crippen LogP contribution is -2.34. The third kappa shape index (κ3) is 3.42. The highest BCUT2D eigenvalue weighted by Crippen LogP contribution is 2.46. The highest BCUT2D eigenvalue weighted by Gasteiger charge is 2.40. The third-order valence-corrected chi connectivity index (χ3v) is 4.80. The van der Waals surface area contributed by atoms with Crippen LogP contribution in [-0.4, -0.2) is 20.1 Å². The van der Waals surface area contributed by atoms with Gasteiger partial charge in [0.1, 0.15) is 5.82 Å². The van der Waals surface area contributed by atoms with E-state index in [0.717, 1.165) is 30.8 Å².